The van der Waals surface area contributed by atoms with Gasteiger partial charge in [-0.15, -0.1) is 0 Å². The summed E-state index contributed by atoms with van der Waals surface area (Å²) >= 11 is 0. The van der Waals surface area contributed by atoms with Crippen LogP contribution in [0.4, 0.5) is 4.79 Å². The van der Waals surface area contributed by atoms with Gasteiger partial charge in [0, 0.05) is 13.1 Å². The van der Waals surface area contributed by atoms with Crippen molar-refractivity contribution in [3.63, 3.8) is 0 Å². The molecule has 1 aromatic rings. The maximum absolute atomic E-state index is 14.0. The van der Waals surface area contributed by atoms with Crippen molar-refractivity contribution in [2.75, 3.05) is 19.7 Å². The zero-order valence-corrected chi connectivity index (χ0v) is 24.7. The fraction of sp³-hybridized carbons (Fsp3) is 0.621. The predicted octanol–water partition coefficient (Wildman–Crippen LogP) is 3.28. The van der Waals surface area contributed by atoms with E-state index in [1.54, 1.807) is 39.8 Å². The van der Waals surface area contributed by atoms with E-state index in [2.05, 4.69) is 17.6 Å². The molecule has 224 valence electrons. The smallest absolute Gasteiger partial charge is 0.408 e. The summed E-state index contributed by atoms with van der Waals surface area (Å²) in [6.45, 7) is 11.1. The van der Waals surface area contributed by atoms with Crippen LogP contribution in [0.5, 0.6) is 0 Å². The third-order valence-corrected chi connectivity index (χ3v) is 5.82. The summed E-state index contributed by atoms with van der Waals surface area (Å²) < 4.78 is 10.2. The van der Waals surface area contributed by atoms with Crippen LogP contribution in [-0.4, -0.2) is 66.0 Å². The van der Waals surface area contributed by atoms with Crippen LogP contribution in [0.25, 0.3) is 0 Å². The van der Waals surface area contributed by atoms with E-state index in [1.165, 1.54) is 4.90 Å². The fourth-order valence-corrected chi connectivity index (χ4v) is 3.97. The molecule has 0 saturated heterocycles. The van der Waals surface area contributed by atoms with Gasteiger partial charge in [0.2, 0.25) is 17.7 Å². The number of carbonyl (C=O) groups excluding carboxylic acids is 5. The van der Waals surface area contributed by atoms with Gasteiger partial charge in [-0.2, -0.15) is 0 Å². The van der Waals surface area contributed by atoms with E-state index in [9.17, 15) is 24.0 Å². The first-order chi connectivity index (χ1) is 18.8. The molecule has 1 aromatic carbocycles. The first kappa shape index (κ1) is 34.4. The number of unbranched alkanes of at least 4 members (excludes halogenated alkanes) is 3. The Morgan fingerprint density at radius 1 is 1.00 bits per heavy atom. The monoisotopic (exact) mass is 562 g/mol. The highest BCUT2D eigenvalue weighted by Crippen LogP contribution is 2.25. The van der Waals surface area contributed by atoms with E-state index in [1.807, 2.05) is 19.1 Å². The second-order valence-corrected chi connectivity index (χ2v) is 10.6. The van der Waals surface area contributed by atoms with Crippen LogP contribution in [0.1, 0.15) is 90.3 Å². The lowest BCUT2D eigenvalue weighted by Gasteiger charge is -2.34. The number of ether oxygens (including phenoxy) is 2. The van der Waals surface area contributed by atoms with Crippen molar-refractivity contribution < 1.29 is 33.4 Å². The number of esters is 1. The summed E-state index contributed by atoms with van der Waals surface area (Å²) in [6.07, 6.45) is 1.91. The molecule has 4 amide bonds. The number of nitrogens with two attached hydrogens (primary N) is 1. The molecule has 0 aromatic heterocycles. The highest BCUT2D eigenvalue weighted by atomic mass is 16.6. The van der Waals surface area contributed by atoms with Gasteiger partial charge in [0.1, 0.15) is 17.7 Å². The van der Waals surface area contributed by atoms with E-state index < -0.39 is 53.9 Å². The number of nitrogens with one attached hydrogen (secondary N) is 2. The average molecular weight is 563 g/mol. The molecule has 0 bridgehead atoms. The lowest BCUT2D eigenvalue weighted by atomic mass is 10.00. The van der Waals surface area contributed by atoms with E-state index in [4.69, 9.17) is 15.2 Å². The largest absolute Gasteiger partial charge is 0.466 e. The summed E-state index contributed by atoms with van der Waals surface area (Å²) in [7, 11) is 0. The van der Waals surface area contributed by atoms with Gasteiger partial charge in [-0.1, -0.05) is 56.0 Å². The second kappa shape index (κ2) is 17.1. The molecule has 0 saturated carbocycles. The molecular weight excluding hydrogens is 516 g/mol. The third-order valence-electron chi connectivity index (χ3n) is 5.82. The van der Waals surface area contributed by atoms with E-state index in [-0.39, 0.29) is 26.1 Å². The Labute approximate surface area is 237 Å². The Morgan fingerprint density at radius 2 is 1.65 bits per heavy atom. The first-order valence-electron chi connectivity index (χ1n) is 13.9. The summed E-state index contributed by atoms with van der Waals surface area (Å²) in [4.78, 5) is 65.2. The van der Waals surface area contributed by atoms with Gasteiger partial charge >= 0.3 is 12.1 Å². The molecule has 0 spiro atoms. The average Bonchev–Trinajstić information content (AvgIpc) is 2.84. The maximum atomic E-state index is 14.0. The Morgan fingerprint density at radius 3 is 2.20 bits per heavy atom. The van der Waals surface area contributed by atoms with Crippen molar-refractivity contribution in [2.45, 2.75) is 97.8 Å². The summed E-state index contributed by atoms with van der Waals surface area (Å²) in [5.41, 5.74) is 6.09. The lowest BCUT2D eigenvalue weighted by molar-refractivity contribution is -0.144. The number of hydrogen-bond donors (Lipinski definition) is 3. The van der Waals surface area contributed by atoms with Crippen molar-refractivity contribution in [1.29, 1.82) is 0 Å². The minimum atomic E-state index is -1.35. The Hall–Kier alpha value is -3.63. The van der Waals surface area contributed by atoms with Crippen molar-refractivity contribution in [3.8, 4) is 0 Å². The lowest BCUT2D eigenvalue weighted by Crippen LogP contribution is -2.54. The molecule has 1 rings (SSSR count). The molecule has 0 aliphatic heterocycles. The van der Waals surface area contributed by atoms with Gasteiger partial charge in [0.05, 0.1) is 19.4 Å². The Kier molecular flexibility index (Phi) is 14.7. The van der Waals surface area contributed by atoms with E-state index in [0.717, 1.165) is 24.8 Å². The molecule has 0 aliphatic carbocycles. The van der Waals surface area contributed by atoms with E-state index in [0.29, 0.717) is 12.0 Å². The Bertz CT molecular complexity index is 989. The minimum absolute atomic E-state index is 0.0127. The number of hydrogen-bond acceptors (Lipinski definition) is 7. The maximum Gasteiger partial charge on any atom is 0.408 e. The van der Waals surface area contributed by atoms with Gasteiger partial charge in [-0.05, 0) is 46.6 Å². The van der Waals surface area contributed by atoms with Crippen LogP contribution >= 0.6 is 0 Å². The summed E-state index contributed by atoms with van der Waals surface area (Å²) in [5.74, 6) is -2.41. The molecule has 11 nitrogen and oxygen atoms in total. The molecule has 0 radical (unpaired) electrons. The molecule has 2 unspecified atom stereocenters. The van der Waals surface area contributed by atoms with Crippen molar-refractivity contribution in [2.24, 2.45) is 5.73 Å². The van der Waals surface area contributed by atoms with Crippen molar-refractivity contribution in [3.05, 3.63) is 35.4 Å². The van der Waals surface area contributed by atoms with Gasteiger partial charge in [-0.3, -0.25) is 19.2 Å². The van der Waals surface area contributed by atoms with Crippen LogP contribution in [0, 0.1) is 6.92 Å². The number of rotatable bonds is 16. The van der Waals surface area contributed by atoms with Crippen LogP contribution < -0.4 is 16.4 Å². The molecule has 11 heteroatoms. The van der Waals surface area contributed by atoms with Gasteiger partial charge < -0.3 is 30.7 Å². The first-order valence-corrected chi connectivity index (χ1v) is 13.9. The molecule has 0 fully saturated rings. The topological polar surface area (TPSA) is 157 Å². The zero-order chi connectivity index (χ0) is 30.3. The van der Waals surface area contributed by atoms with Crippen LogP contribution in [-0.2, 0) is 28.7 Å². The van der Waals surface area contributed by atoms with Gasteiger partial charge in [0.15, 0.2) is 0 Å². The highest BCUT2D eigenvalue weighted by Gasteiger charge is 2.36. The standard InChI is InChI=1S/C29H46N4O7/c1-7-9-10-11-18-33(27(37)22(19-23(30)34)32-28(38)40-29(4,5)6)25(21-14-12-20(3)13-15-21)26(36)31-17-16-24(35)39-8-2/h12-15,22,25H,7-11,16-19H2,1-6H3,(H2,30,34)(H,31,36)(H,32,38). The minimum Gasteiger partial charge on any atom is -0.466 e. The molecule has 40 heavy (non-hydrogen) atoms. The highest BCUT2D eigenvalue weighted by molar-refractivity contribution is 5.94. The predicted molar refractivity (Wildman–Crippen MR) is 151 cm³/mol. The third kappa shape index (κ3) is 12.9. The molecule has 2 atom stereocenters. The summed E-state index contributed by atoms with van der Waals surface area (Å²) in [5, 5.41) is 5.20. The van der Waals surface area contributed by atoms with Crippen LogP contribution in [0.2, 0.25) is 0 Å². The molecule has 0 aliphatic rings. The SMILES string of the molecule is CCCCCCN(C(=O)C(CC(N)=O)NC(=O)OC(C)(C)C)C(C(=O)NCCC(=O)OCC)c1ccc(C)cc1. The molecular formula is C29H46N4O7. The Balaban J connectivity index is 3.42. The zero-order valence-electron chi connectivity index (χ0n) is 24.7. The molecule has 4 N–H and O–H groups in total. The van der Waals surface area contributed by atoms with Gasteiger partial charge in [0.25, 0.3) is 0 Å². The number of carbonyl (C=O) groups is 5. The normalized spacial score (nSPS) is 12.6. The van der Waals surface area contributed by atoms with Crippen molar-refractivity contribution >= 4 is 29.8 Å². The fourth-order valence-electron chi connectivity index (χ4n) is 3.97. The quantitative estimate of drug-likeness (QED) is 0.206. The van der Waals surface area contributed by atoms with E-state index >= 15 is 0 Å². The van der Waals surface area contributed by atoms with Gasteiger partial charge in [-0.25, -0.2) is 4.79 Å². The molecule has 0 heterocycles. The van der Waals surface area contributed by atoms with Crippen LogP contribution in [0.3, 0.4) is 0 Å². The summed E-state index contributed by atoms with van der Waals surface area (Å²) in [6, 6.07) is 4.72. The number of nitrogens with zero attached hydrogens (tertiary/aromatic N) is 1. The second-order valence-electron chi connectivity index (χ2n) is 10.6. The number of alkyl carbamates (subject to hydrolysis) is 1. The number of amides is 4. The number of primary amides is 1. The van der Waals surface area contributed by atoms with Crippen molar-refractivity contribution in [1.82, 2.24) is 15.5 Å². The number of aryl methyl sites for hydroxylation is 1. The van der Waals surface area contributed by atoms with Crippen LogP contribution in [0.15, 0.2) is 24.3 Å². The number of benzene rings is 1.